The van der Waals surface area contributed by atoms with Crippen LogP contribution in [0.3, 0.4) is 0 Å². The van der Waals surface area contributed by atoms with E-state index >= 15 is 0 Å². The first-order valence-electron chi connectivity index (χ1n) is 9.20. The molecule has 1 aliphatic rings. The first-order valence-corrected chi connectivity index (χ1v) is 10.8. The number of nitrogens with zero attached hydrogens (tertiary/aromatic N) is 2. The van der Waals surface area contributed by atoms with Gasteiger partial charge in [0.1, 0.15) is 12.4 Å². The largest absolute Gasteiger partial charge is 0.481 e. The summed E-state index contributed by atoms with van der Waals surface area (Å²) in [5.41, 5.74) is 1.16. The van der Waals surface area contributed by atoms with E-state index in [0.29, 0.717) is 19.6 Å². The van der Waals surface area contributed by atoms with E-state index in [1.54, 1.807) is 13.8 Å². The van der Waals surface area contributed by atoms with Crippen molar-refractivity contribution in [2.75, 3.05) is 38.5 Å². The third-order valence-corrected chi connectivity index (χ3v) is 7.12. The second-order valence-electron chi connectivity index (χ2n) is 7.12. The summed E-state index contributed by atoms with van der Waals surface area (Å²) in [6.07, 6.45) is 5.98. The molecule has 0 spiro atoms. The SMILES string of the molecule is C#CCOc1ccc(CCN=C(NCC)N2CCS(=O)(=O)C(C)(C)C2)cc1.I. The predicted octanol–water partition coefficient (Wildman–Crippen LogP) is 2.33. The van der Waals surface area contributed by atoms with Crippen LogP contribution in [-0.2, 0) is 16.3 Å². The molecule has 1 fully saturated rings. The number of halogens is 1. The molecule has 1 saturated heterocycles. The highest BCUT2D eigenvalue weighted by atomic mass is 127. The summed E-state index contributed by atoms with van der Waals surface area (Å²) in [4.78, 5) is 6.74. The molecule has 1 aromatic rings. The van der Waals surface area contributed by atoms with E-state index in [4.69, 9.17) is 16.2 Å². The van der Waals surface area contributed by atoms with Crippen molar-refractivity contribution in [1.29, 1.82) is 0 Å². The van der Waals surface area contributed by atoms with Gasteiger partial charge in [0, 0.05) is 26.2 Å². The van der Waals surface area contributed by atoms with E-state index in [1.807, 2.05) is 36.1 Å². The lowest BCUT2D eigenvalue weighted by Gasteiger charge is -2.39. The van der Waals surface area contributed by atoms with Crippen LogP contribution in [0.15, 0.2) is 29.3 Å². The Labute approximate surface area is 186 Å². The van der Waals surface area contributed by atoms with Crippen LogP contribution < -0.4 is 10.1 Å². The molecular weight excluding hydrogens is 489 g/mol. The summed E-state index contributed by atoms with van der Waals surface area (Å²) in [5, 5.41) is 3.28. The number of hydrogen-bond donors (Lipinski definition) is 1. The number of aliphatic imine (C=N–C) groups is 1. The fraction of sp³-hybridized carbons (Fsp3) is 0.550. The fourth-order valence-electron chi connectivity index (χ4n) is 2.92. The Morgan fingerprint density at radius 3 is 2.61 bits per heavy atom. The topological polar surface area (TPSA) is 71.0 Å². The van der Waals surface area contributed by atoms with Crippen molar-refractivity contribution in [2.45, 2.75) is 31.9 Å². The molecule has 1 aromatic carbocycles. The van der Waals surface area contributed by atoms with Gasteiger partial charge in [-0.25, -0.2) is 8.42 Å². The molecule has 28 heavy (non-hydrogen) atoms. The minimum atomic E-state index is -3.07. The van der Waals surface area contributed by atoms with Crippen molar-refractivity contribution in [3.63, 3.8) is 0 Å². The molecule has 0 bridgehead atoms. The quantitative estimate of drug-likeness (QED) is 0.271. The summed E-state index contributed by atoms with van der Waals surface area (Å²) in [6.45, 7) is 8.11. The lowest BCUT2D eigenvalue weighted by molar-refractivity contribution is 0.353. The number of ether oxygens (including phenoxy) is 1. The molecule has 1 heterocycles. The van der Waals surface area contributed by atoms with Gasteiger partial charge in [0.25, 0.3) is 0 Å². The number of terminal acetylenes is 1. The Bertz CT molecular complexity index is 799. The van der Waals surface area contributed by atoms with Crippen molar-refractivity contribution in [1.82, 2.24) is 10.2 Å². The van der Waals surface area contributed by atoms with Gasteiger partial charge in [-0.15, -0.1) is 30.4 Å². The number of rotatable bonds is 6. The van der Waals surface area contributed by atoms with Crippen LogP contribution in [0.5, 0.6) is 5.75 Å². The zero-order valence-electron chi connectivity index (χ0n) is 16.8. The molecule has 0 radical (unpaired) electrons. The van der Waals surface area contributed by atoms with Crippen LogP contribution in [-0.4, -0.2) is 62.6 Å². The Hall–Kier alpha value is -1.47. The maximum absolute atomic E-state index is 12.2. The normalized spacial score (nSPS) is 17.9. The molecule has 1 aliphatic heterocycles. The Morgan fingerprint density at radius 1 is 1.36 bits per heavy atom. The first kappa shape index (κ1) is 24.6. The lowest BCUT2D eigenvalue weighted by atomic mass is 10.1. The fourth-order valence-corrected chi connectivity index (χ4v) is 4.28. The van der Waals surface area contributed by atoms with Gasteiger partial charge in [-0.2, -0.15) is 0 Å². The van der Waals surface area contributed by atoms with Crippen molar-refractivity contribution in [3.8, 4) is 18.1 Å². The predicted molar refractivity (Wildman–Crippen MR) is 125 cm³/mol. The first-order chi connectivity index (χ1) is 12.8. The second kappa shape index (κ2) is 10.9. The standard InChI is InChI=1S/C20H29N3O3S.HI/c1-5-14-26-18-9-7-17(8-10-18)11-12-22-19(21-6-2)23-13-15-27(24,25)20(3,4)16-23;/h1,7-10H,6,11-16H2,2-4H3,(H,21,22);1H. The zero-order chi connectivity index (χ0) is 19.9. The van der Waals surface area contributed by atoms with E-state index in [9.17, 15) is 8.42 Å². The van der Waals surface area contributed by atoms with E-state index in [1.165, 1.54) is 0 Å². The third-order valence-electron chi connectivity index (χ3n) is 4.59. The maximum atomic E-state index is 12.2. The van der Waals surface area contributed by atoms with Crippen LogP contribution in [0.4, 0.5) is 0 Å². The molecule has 8 heteroatoms. The number of benzene rings is 1. The zero-order valence-corrected chi connectivity index (χ0v) is 19.9. The van der Waals surface area contributed by atoms with Crippen LogP contribution >= 0.6 is 24.0 Å². The average Bonchev–Trinajstić information content (AvgIpc) is 2.62. The van der Waals surface area contributed by atoms with Crippen molar-refractivity contribution in [2.24, 2.45) is 4.99 Å². The highest BCUT2D eigenvalue weighted by molar-refractivity contribution is 14.0. The van der Waals surface area contributed by atoms with Crippen LogP contribution in [0.1, 0.15) is 26.3 Å². The van der Waals surface area contributed by atoms with Gasteiger partial charge in [0.2, 0.25) is 0 Å². The van der Waals surface area contributed by atoms with Gasteiger partial charge in [-0.1, -0.05) is 18.1 Å². The van der Waals surface area contributed by atoms with E-state index in [0.717, 1.165) is 30.2 Å². The van der Waals surface area contributed by atoms with E-state index in [-0.39, 0.29) is 36.3 Å². The Balaban J connectivity index is 0.00000392. The monoisotopic (exact) mass is 519 g/mol. The average molecular weight is 519 g/mol. The molecule has 156 valence electrons. The number of hydrogen-bond acceptors (Lipinski definition) is 4. The summed E-state index contributed by atoms with van der Waals surface area (Å²) < 4.78 is 29.0. The molecule has 0 aliphatic carbocycles. The van der Waals surface area contributed by atoms with E-state index in [2.05, 4.69) is 11.2 Å². The summed E-state index contributed by atoms with van der Waals surface area (Å²) in [7, 11) is -3.07. The summed E-state index contributed by atoms with van der Waals surface area (Å²) in [6, 6.07) is 7.81. The Kier molecular flexibility index (Phi) is 9.57. The van der Waals surface area contributed by atoms with Gasteiger partial charge in [-0.05, 0) is 44.9 Å². The summed E-state index contributed by atoms with van der Waals surface area (Å²) >= 11 is 0. The highest BCUT2D eigenvalue weighted by Gasteiger charge is 2.40. The van der Waals surface area contributed by atoms with E-state index < -0.39 is 14.6 Å². The van der Waals surface area contributed by atoms with Gasteiger partial charge >= 0.3 is 0 Å². The molecular formula is C20H30IN3O3S. The van der Waals surface area contributed by atoms with Crippen molar-refractivity contribution < 1.29 is 13.2 Å². The maximum Gasteiger partial charge on any atom is 0.194 e. The van der Waals surface area contributed by atoms with Gasteiger partial charge < -0.3 is 15.0 Å². The number of nitrogens with one attached hydrogen (secondary N) is 1. The molecule has 1 N–H and O–H groups in total. The highest BCUT2D eigenvalue weighted by Crippen LogP contribution is 2.23. The molecule has 2 rings (SSSR count). The minimum absolute atomic E-state index is 0. The molecule has 0 amide bonds. The van der Waals surface area contributed by atoms with Gasteiger partial charge in [0.15, 0.2) is 15.8 Å². The van der Waals surface area contributed by atoms with Gasteiger partial charge in [0.05, 0.1) is 10.5 Å². The second-order valence-corrected chi connectivity index (χ2v) is 9.87. The molecule has 0 aromatic heterocycles. The molecule has 0 saturated carbocycles. The summed E-state index contributed by atoms with van der Waals surface area (Å²) in [5.74, 6) is 4.13. The Morgan fingerprint density at radius 2 is 2.04 bits per heavy atom. The van der Waals surface area contributed by atoms with Crippen LogP contribution in [0, 0.1) is 12.3 Å². The van der Waals surface area contributed by atoms with Crippen LogP contribution in [0.25, 0.3) is 0 Å². The molecule has 6 nitrogen and oxygen atoms in total. The number of sulfone groups is 1. The third kappa shape index (κ3) is 6.55. The number of guanidine groups is 1. The lowest BCUT2D eigenvalue weighted by Crippen LogP contribution is -2.57. The van der Waals surface area contributed by atoms with Gasteiger partial charge in [-0.3, -0.25) is 4.99 Å². The van der Waals surface area contributed by atoms with Crippen molar-refractivity contribution >= 4 is 39.8 Å². The van der Waals surface area contributed by atoms with Crippen molar-refractivity contribution in [3.05, 3.63) is 29.8 Å². The minimum Gasteiger partial charge on any atom is -0.481 e. The molecule has 0 unspecified atom stereocenters. The van der Waals surface area contributed by atoms with Crippen LogP contribution in [0.2, 0.25) is 0 Å². The molecule has 0 atom stereocenters. The smallest absolute Gasteiger partial charge is 0.194 e.